The Balaban J connectivity index is 1.67. The van der Waals surface area contributed by atoms with E-state index in [1.54, 1.807) is 0 Å². The average Bonchev–Trinajstić information content (AvgIpc) is 3.04. The summed E-state index contributed by atoms with van der Waals surface area (Å²) in [6.45, 7) is 1.88. The van der Waals surface area contributed by atoms with Gasteiger partial charge in [0.25, 0.3) is 11.8 Å². The van der Waals surface area contributed by atoms with Crippen LogP contribution in [0.5, 0.6) is 0 Å². The molecule has 1 heterocycles. The van der Waals surface area contributed by atoms with Crippen molar-refractivity contribution in [2.24, 2.45) is 5.73 Å². The van der Waals surface area contributed by atoms with E-state index in [1.165, 1.54) is 17.4 Å². The first kappa shape index (κ1) is 22.5. The zero-order valence-electron chi connectivity index (χ0n) is 16.5. The number of rotatable bonds is 7. The van der Waals surface area contributed by atoms with Crippen molar-refractivity contribution in [2.75, 3.05) is 11.9 Å². The lowest BCUT2D eigenvalue weighted by molar-refractivity contribution is -0.116. The number of primary amides is 1. The van der Waals surface area contributed by atoms with Gasteiger partial charge in [0.15, 0.2) is 0 Å². The van der Waals surface area contributed by atoms with Gasteiger partial charge in [-0.3, -0.25) is 14.4 Å². The zero-order valence-corrected chi connectivity index (χ0v) is 18.1. The summed E-state index contributed by atoms with van der Waals surface area (Å²) in [6, 6.07) is 12.7. The predicted molar refractivity (Wildman–Crippen MR) is 120 cm³/mol. The molecule has 0 bridgehead atoms. The number of carbonyl (C=O) groups is 3. The first-order chi connectivity index (χ1) is 14.8. The van der Waals surface area contributed by atoms with E-state index in [1.807, 2.05) is 37.3 Å². The molecular formula is C22H19ClFN3O3S. The van der Waals surface area contributed by atoms with Crippen molar-refractivity contribution in [3.05, 3.63) is 75.4 Å². The molecule has 0 aliphatic carbocycles. The number of halogens is 2. The van der Waals surface area contributed by atoms with Gasteiger partial charge in [-0.2, -0.15) is 0 Å². The van der Waals surface area contributed by atoms with Crippen LogP contribution in [0, 0.1) is 12.7 Å². The Morgan fingerprint density at radius 1 is 1.13 bits per heavy atom. The summed E-state index contributed by atoms with van der Waals surface area (Å²) in [5, 5.41) is 5.61. The molecule has 0 aliphatic heterocycles. The van der Waals surface area contributed by atoms with Gasteiger partial charge in [-0.25, -0.2) is 4.39 Å². The summed E-state index contributed by atoms with van der Waals surface area (Å²) in [6.07, 6.45) is -0.0413. The van der Waals surface area contributed by atoms with Crippen LogP contribution in [-0.2, 0) is 4.79 Å². The summed E-state index contributed by atoms with van der Waals surface area (Å²) in [5.41, 5.74) is 7.47. The molecule has 0 saturated heterocycles. The highest BCUT2D eigenvalue weighted by molar-refractivity contribution is 7.17. The molecule has 160 valence electrons. The minimum atomic E-state index is -0.641. The first-order valence-corrected chi connectivity index (χ1v) is 10.5. The molecule has 31 heavy (non-hydrogen) atoms. The number of benzene rings is 2. The Morgan fingerprint density at radius 2 is 1.84 bits per heavy atom. The van der Waals surface area contributed by atoms with Crippen molar-refractivity contribution in [1.29, 1.82) is 0 Å². The molecule has 0 aliphatic rings. The van der Waals surface area contributed by atoms with Gasteiger partial charge in [0.1, 0.15) is 10.8 Å². The van der Waals surface area contributed by atoms with Crippen LogP contribution < -0.4 is 16.4 Å². The van der Waals surface area contributed by atoms with E-state index in [0.717, 1.165) is 22.6 Å². The second-order valence-electron chi connectivity index (χ2n) is 6.65. The van der Waals surface area contributed by atoms with E-state index in [0.29, 0.717) is 10.6 Å². The molecule has 4 N–H and O–H groups in total. The molecule has 3 amide bonds. The number of anilines is 1. The highest BCUT2D eigenvalue weighted by atomic mass is 35.5. The minimum absolute atomic E-state index is 0.0180. The van der Waals surface area contributed by atoms with Gasteiger partial charge in [0, 0.05) is 23.4 Å². The standard InChI is InChI=1S/C22H19ClFN3O3S/c1-12-18(13-5-3-2-4-6-13)19(20(25)29)22(31-12)27-17(28)9-10-26-21(30)15-8-7-14(24)11-16(15)23/h2-8,11H,9-10H2,1H3,(H2,25,29)(H,26,30)(H,27,28). The maximum absolute atomic E-state index is 13.1. The highest BCUT2D eigenvalue weighted by Crippen LogP contribution is 2.39. The van der Waals surface area contributed by atoms with Crippen molar-refractivity contribution in [1.82, 2.24) is 5.32 Å². The second-order valence-corrected chi connectivity index (χ2v) is 8.28. The number of hydrogen-bond donors (Lipinski definition) is 3. The lowest BCUT2D eigenvalue weighted by Crippen LogP contribution is -2.28. The van der Waals surface area contributed by atoms with Gasteiger partial charge in [0.05, 0.1) is 16.1 Å². The fourth-order valence-corrected chi connectivity index (χ4v) is 4.42. The van der Waals surface area contributed by atoms with Crippen molar-refractivity contribution in [3.8, 4) is 11.1 Å². The first-order valence-electron chi connectivity index (χ1n) is 9.29. The molecule has 0 spiro atoms. The molecule has 3 rings (SSSR count). The van der Waals surface area contributed by atoms with Crippen LogP contribution in [-0.4, -0.2) is 24.3 Å². The number of nitrogens with one attached hydrogen (secondary N) is 2. The van der Waals surface area contributed by atoms with Gasteiger partial charge in [-0.1, -0.05) is 41.9 Å². The van der Waals surface area contributed by atoms with E-state index in [2.05, 4.69) is 10.6 Å². The number of amides is 3. The van der Waals surface area contributed by atoms with Crippen LogP contribution in [0.1, 0.15) is 32.0 Å². The van der Waals surface area contributed by atoms with E-state index >= 15 is 0 Å². The number of hydrogen-bond acceptors (Lipinski definition) is 4. The Bertz CT molecular complexity index is 1150. The molecule has 0 fully saturated rings. The van der Waals surface area contributed by atoms with Crippen LogP contribution >= 0.6 is 22.9 Å². The summed E-state index contributed by atoms with van der Waals surface area (Å²) < 4.78 is 13.1. The molecule has 0 unspecified atom stereocenters. The lowest BCUT2D eigenvalue weighted by Gasteiger charge is -2.08. The molecule has 0 saturated carbocycles. The normalized spacial score (nSPS) is 10.5. The molecule has 9 heteroatoms. The Hall–Kier alpha value is -3.23. The average molecular weight is 460 g/mol. The van der Waals surface area contributed by atoms with Gasteiger partial charge in [-0.05, 0) is 30.7 Å². The van der Waals surface area contributed by atoms with E-state index in [4.69, 9.17) is 17.3 Å². The molecule has 3 aromatic rings. The van der Waals surface area contributed by atoms with Crippen molar-refractivity contribution >= 4 is 45.7 Å². The zero-order chi connectivity index (χ0) is 22.5. The SMILES string of the molecule is Cc1sc(NC(=O)CCNC(=O)c2ccc(F)cc2Cl)c(C(N)=O)c1-c1ccccc1. The Morgan fingerprint density at radius 3 is 2.48 bits per heavy atom. The van der Waals surface area contributed by atoms with Gasteiger partial charge in [0.2, 0.25) is 5.91 Å². The maximum atomic E-state index is 13.1. The second kappa shape index (κ2) is 9.72. The summed E-state index contributed by atoms with van der Waals surface area (Å²) in [4.78, 5) is 37.5. The van der Waals surface area contributed by atoms with Crippen LogP contribution in [0.3, 0.4) is 0 Å². The monoisotopic (exact) mass is 459 g/mol. The highest BCUT2D eigenvalue weighted by Gasteiger charge is 2.22. The quantitative estimate of drug-likeness (QED) is 0.488. The molecular weight excluding hydrogens is 441 g/mol. The molecule has 0 radical (unpaired) electrons. The van der Waals surface area contributed by atoms with Crippen molar-refractivity contribution in [3.63, 3.8) is 0 Å². The Kier molecular flexibility index (Phi) is 7.04. The number of nitrogens with two attached hydrogens (primary N) is 1. The molecule has 2 aromatic carbocycles. The van der Waals surface area contributed by atoms with Crippen LogP contribution in [0.2, 0.25) is 5.02 Å². The van der Waals surface area contributed by atoms with Gasteiger partial charge < -0.3 is 16.4 Å². The minimum Gasteiger partial charge on any atom is -0.365 e. The lowest BCUT2D eigenvalue weighted by atomic mass is 10.0. The van der Waals surface area contributed by atoms with Crippen molar-refractivity contribution in [2.45, 2.75) is 13.3 Å². The van der Waals surface area contributed by atoms with E-state index < -0.39 is 23.5 Å². The third-order valence-corrected chi connectivity index (χ3v) is 5.79. The number of aryl methyl sites for hydroxylation is 1. The molecule has 1 aromatic heterocycles. The largest absolute Gasteiger partial charge is 0.365 e. The number of thiophene rings is 1. The van der Waals surface area contributed by atoms with E-state index in [9.17, 15) is 18.8 Å². The Labute approximate surface area is 187 Å². The third-order valence-electron chi connectivity index (χ3n) is 4.46. The topological polar surface area (TPSA) is 101 Å². The van der Waals surface area contributed by atoms with Crippen LogP contribution in [0.15, 0.2) is 48.5 Å². The fourth-order valence-electron chi connectivity index (χ4n) is 3.07. The summed E-state index contributed by atoms with van der Waals surface area (Å²) in [7, 11) is 0. The maximum Gasteiger partial charge on any atom is 0.252 e. The van der Waals surface area contributed by atoms with Crippen LogP contribution in [0.25, 0.3) is 11.1 Å². The number of carbonyl (C=O) groups excluding carboxylic acids is 3. The fraction of sp³-hybridized carbons (Fsp3) is 0.136. The van der Waals surface area contributed by atoms with Gasteiger partial charge in [-0.15, -0.1) is 11.3 Å². The predicted octanol–water partition coefficient (Wildman–Crippen LogP) is 4.37. The summed E-state index contributed by atoms with van der Waals surface area (Å²) >= 11 is 7.12. The third kappa shape index (κ3) is 5.28. The summed E-state index contributed by atoms with van der Waals surface area (Å²) in [5.74, 6) is -2.10. The molecule has 0 atom stereocenters. The van der Waals surface area contributed by atoms with E-state index in [-0.39, 0.29) is 29.1 Å². The molecule has 6 nitrogen and oxygen atoms in total. The van der Waals surface area contributed by atoms with Gasteiger partial charge >= 0.3 is 0 Å². The smallest absolute Gasteiger partial charge is 0.252 e. The van der Waals surface area contributed by atoms with Crippen molar-refractivity contribution < 1.29 is 18.8 Å². The van der Waals surface area contributed by atoms with Crippen LogP contribution in [0.4, 0.5) is 9.39 Å².